The second-order valence-electron chi connectivity index (χ2n) is 10.2. The number of rotatable bonds is 11. The van der Waals surface area contributed by atoms with E-state index in [1.807, 2.05) is 41.8 Å². The summed E-state index contributed by atoms with van der Waals surface area (Å²) in [5.41, 5.74) is 3.74. The maximum atomic E-state index is 13.5. The normalized spacial score (nSPS) is 11.6. The van der Waals surface area contributed by atoms with Crippen LogP contribution in [0.15, 0.2) is 125 Å². The predicted molar refractivity (Wildman–Crippen MR) is 188 cm³/mol. The van der Waals surface area contributed by atoms with Crippen LogP contribution in [0.4, 0.5) is 10.7 Å². The lowest BCUT2D eigenvalue weighted by Gasteiger charge is -2.14. The Morgan fingerprint density at radius 2 is 1.60 bits per heavy atom. The van der Waals surface area contributed by atoms with E-state index >= 15 is 0 Å². The predicted octanol–water partition coefficient (Wildman–Crippen LogP) is 7.82. The fourth-order valence-corrected chi connectivity index (χ4v) is 6.37. The number of nitriles is 1. The summed E-state index contributed by atoms with van der Waals surface area (Å²) in [7, 11) is 1.57. The Morgan fingerprint density at radius 3 is 2.28 bits per heavy atom. The van der Waals surface area contributed by atoms with Crippen molar-refractivity contribution < 1.29 is 19.1 Å². The molecule has 47 heavy (non-hydrogen) atoms. The molecule has 1 aromatic heterocycles. The highest BCUT2D eigenvalue weighted by Crippen LogP contribution is 2.36. The van der Waals surface area contributed by atoms with Crippen molar-refractivity contribution in [3.8, 4) is 22.9 Å². The number of anilines is 2. The van der Waals surface area contributed by atoms with E-state index in [1.165, 1.54) is 23.1 Å². The van der Waals surface area contributed by atoms with Crippen LogP contribution in [-0.4, -0.2) is 30.1 Å². The minimum Gasteiger partial charge on any atom is -0.497 e. The van der Waals surface area contributed by atoms with Crippen LogP contribution in [0.5, 0.6) is 5.75 Å². The number of thiophene rings is 1. The molecular weight excluding hydrogens is 629 g/mol. The fraction of sp³-hybridized carbons (Fsp3) is 0.0811. The molecule has 10 heteroatoms. The van der Waals surface area contributed by atoms with E-state index in [2.05, 4.69) is 22.0 Å². The molecule has 1 heterocycles. The average molecular weight is 659 g/mol. The second kappa shape index (κ2) is 15.6. The Kier molecular flexibility index (Phi) is 10.9. The van der Waals surface area contributed by atoms with E-state index in [4.69, 9.17) is 4.74 Å². The maximum absolute atomic E-state index is 13.5. The van der Waals surface area contributed by atoms with Gasteiger partial charge in [-0.25, -0.2) is 0 Å². The summed E-state index contributed by atoms with van der Waals surface area (Å²) in [5.74, 6) is -0.535. The standard InChI is InChI=1S/C37H30N4O4S2/c1-24(34(42)41-37-31(22-38)32(23-46-37)26-10-5-3-6-11-26)47-30-15-9-14-28(21-30)39-36(44)33(20-25-16-18-29(45-2)19-17-25)40-35(43)27-12-7-4-8-13-27/h3-21,23-24H,1-2H3,(H,39,44)(H,40,43)(H,41,42)/b33-20+. The Labute approximate surface area is 281 Å². The van der Waals surface area contributed by atoms with Gasteiger partial charge in [0.05, 0.1) is 17.9 Å². The van der Waals surface area contributed by atoms with Crippen LogP contribution in [0.25, 0.3) is 17.2 Å². The van der Waals surface area contributed by atoms with E-state index < -0.39 is 17.1 Å². The number of methoxy groups -OCH3 is 1. The molecule has 0 aliphatic carbocycles. The molecule has 0 aliphatic heterocycles. The number of carbonyl (C=O) groups excluding carboxylic acids is 3. The van der Waals surface area contributed by atoms with E-state index in [-0.39, 0.29) is 11.6 Å². The van der Waals surface area contributed by atoms with E-state index in [0.29, 0.717) is 33.1 Å². The molecule has 0 fully saturated rings. The molecule has 234 valence electrons. The van der Waals surface area contributed by atoms with Gasteiger partial charge in [-0.05, 0) is 66.6 Å². The van der Waals surface area contributed by atoms with Gasteiger partial charge in [-0.15, -0.1) is 23.1 Å². The number of hydrogen-bond donors (Lipinski definition) is 3. The zero-order valence-electron chi connectivity index (χ0n) is 25.5. The highest BCUT2D eigenvalue weighted by molar-refractivity contribution is 8.00. The third-order valence-corrected chi connectivity index (χ3v) is 8.94. The molecule has 3 N–H and O–H groups in total. The van der Waals surface area contributed by atoms with Gasteiger partial charge in [0.15, 0.2) is 0 Å². The second-order valence-corrected chi connectivity index (χ2v) is 12.5. The molecule has 0 bridgehead atoms. The molecule has 5 rings (SSSR count). The van der Waals surface area contributed by atoms with Crippen molar-refractivity contribution in [1.82, 2.24) is 5.32 Å². The van der Waals surface area contributed by atoms with Crippen LogP contribution in [0.2, 0.25) is 0 Å². The Hall–Kier alpha value is -5.63. The third kappa shape index (κ3) is 8.55. The van der Waals surface area contributed by atoms with Crippen molar-refractivity contribution >= 4 is 57.6 Å². The smallest absolute Gasteiger partial charge is 0.272 e. The molecule has 0 aliphatic rings. The average Bonchev–Trinajstić information content (AvgIpc) is 3.51. The summed E-state index contributed by atoms with van der Waals surface area (Å²) >= 11 is 2.63. The molecule has 0 saturated heterocycles. The van der Waals surface area contributed by atoms with Gasteiger partial charge in [-0.1, -0.05) is 66.7 Å². The van der Waals surface area contributed by atoms with Gasteiger partial charge in [0.1, 0.15) is 22.5 Å². The number of carbonyl (C=O) groups is 3. The lowest BCUT2D eigenvalue weighted by atomic mass is 10.1. The van der Waals surface area contributed by atoms with Gasteiger partial charge < -0.3 is 20.7 Å². The monoisotopic (exact) mass is 658 g/mol. The van der Waals surface area contributed by atoms with Crippen molar-refractivity contribution in [2.45, 2.75) is 17.1 Å². The lowest BCUT2D eigenvalue weighted by Crippen LogP contribution is -2.30. The van der Waals surface area contributed by atoms with Crippen molar-refractivity contribution in [2.24, 2.45) is 0 Å². The van der Waals surface area contributed by atoms with Crippen LogP contribution < -0.4 is 20.7 Å². The fourth-order valence-electron chi connectivity index (χ4n) is 4.52. The topological polar surface area (TPSA) is 120 Å². The molecule has 5 aromatic rings. The number of amides is 3. The Bertz CT molecular complexity index is 1950. The van der Waals surface area contributed by atoms with Crippen LogP contribution >= 0.6 is 23.1 Å². The summed E-state index contributed by atoms with van der Waals surface area (Å²) in [4.78, 5) is 40.4. The van der Waals surface area contributed by atoms with E-state index in [9.17, 15) is 19.6 Å². The molecule has 1 atom stereocenters. The highest BCUT2D eigenvalue weighted by atomic mass is 32.2. The first-order valence-corrected chi connectivity index (χ1v) is 16.3. The van der Waals surface area contributed by atoms with Crippen LogP contribution in [-0.2, 0) is 9.59 Å². The van der Waals surface area contributed by atoms with Crippen molar-refractivity contribution in [1.29, 1.82) is 5.26 Å². The summed E-state index contributed by atoms with van der Waals surface area (Å²) < 4.78 is 5.22. The van der Waals surface area contributed by atoms with Crippen molar-refractivity contribution in [3.05, 3.63) is 137 Å². The van der Waals surface area contributed by atoms with Gasteiger partial charge in [0.25, 0.3) is 11.8 Å². The number of nitrogens with one attached hydrogen (secondary N) is 3. The van der Waals surface area contributed by atoms with Crippen LogP contribution in [0.3, 0.4) is 0 Å². The van der Waals surface area contributed by atoms with Crippen LogP contribution in [0, 0.1) is 11.3 Å². The number of nitrogens with zero attached hydrogens (tertiary/aromatic N) is 1. The number of benzene rings is 4. The van der Waals surface area contributed by atoms with Crippen molar-refractivity contribution in [2.75, 3.05) is 17.7 Å². The minimum absolute atomic E-state index is 0.0499. The van der Waals surface area contributed by atoms with Gasteiger partial charge in [-0.2, -0.15) is 5.26 Å². The molecule has 0 radical (unpaired) electrons. The first-order valence-electron chi connectivity index (χ1n) is 14.5. The SMILES string of the molecule is COc1ccc(/C=C(/NC(=O)c2ccccc2)C(=O)Nc2cccc(SC(C)C(=O)Nc3scc(-c4ccccc4)c3C#N)c2)cc1. The number of hydrogen-bond acceptors (Lipinski definition) is 7. The van der Waals surface area contributed by atoms with Crippen LogP contribution in [0.1, 0.15) is 28.4 Å². The Balaban J connectivity index is 1.28. The largest absolute Gasteiger partial charge is 0.497 e. The summed E-state index contributed by atoms with van der Waals surface area (Å²) in [6.45, 7) is 1.78. The molecular formula is C37H30N4O4S2. The first-order chi connectivity index (χ1) is 22.8. The molecule has 0 saturated carbocycles. The molecule has 4 aromatic carbocycles. The summed E-state index contributed by atoms with van der Waals surface area (Å²) in [6, 6.07) is 34.6. The van der Waals surface area contributed by atoms with Gasteiger partial charge in [-0.3, -0.25) is 14.4 Å². The van der Waals surface area contributed by atoms with Gasteiger partial charge in [0, 0.05) is 27.1 Å². The van der Waals surface area contributed by atoms with E-state index in [1.54, 1.807) is 92.9 Å². The first kappa shape index (κ1) is 32.8. The van der Waals surface area contributed by atoms with Gasteiger partial charge >= 0.3 is 0 Å². The molecule has 0 spiro atoms. The third-order valence-electron chi connectivity index (χ3n) is 6.95. The zero-order chi connectivity index (χ0) is 33.2. The van der Waals surface area contributed by atoms with Crippen molar-refractivity contribution in [3.63, 3.8) is 0 Å². The highest BCUT2D eigenvalue weighted by Gasteiger charge is 2.20. The number of ether oxygens (including phenoxy) is 1. The Morgan fingerprint density at radius 1 is 0.894 bits per heavy atom. The maximum Gasteiger partial charge on any atom is 0.272 e. The zero-order valence-corrected chi connectivity index (χ0v) is 27.2. The van der Waals surface area contributed by atoms with Gasteiger partial charge in [0.2, 0.25) is 5.91 Å². The quantitative estimate of drug-likeness (QED) is 0.0983. The molecule has 3 amide bonds. The van der Waals surface area contributed by atoms with E-state index in [0.717, 1.165) is 16.0 Å². The molecule has 8 nitrogen and oxygen atoms in total. The minimum atomic E-state index is -0.519. The summed E-state index contributed by atoms with van der Waals surface area (Å²) in [6.07, 6.45) is 1.59. The lowest BCUT2D eigenvalue weighted by molar-refractivity contribution is -0.115. The number of thioether (sulfide) groups is 1. The molecule has 1 unspecified atom stereocenters. The summed E-state index contributed by atoms with van der Waals surface area (Å²) in [5, 5.41) is 20.2.